The van der Waals surface area contributed by atoms with Crippen LogP contribution in [-0.2, 0) is 22.4 Å². The van der Waals surface area contributed by atoms with Crippen molar-refractivity contribution in [3.8, 4) is 0 Å². The lowest BCUT2D eigenvalue weighted by Crippen LogP contribution is -3.15. The molecular formula is C21H34N3O3S+. The predicted molar refractivity (Wildman–Crippen MR) is 112 cm³/mol. The summed E-state index contributed by atoms with van der Waals surface area (Å²) in [4.78, 5) is 28.2. The van der Waals surface area contributed by atoms with Crippen LogP contribution in [0.15, 0.2) is 0 Å². The molecule has 1 saturated heterocycles. The molecule has 0 spiro atoms. The van der Waals surface area contributed by atoms with Crippen molar-refractivity contribution < 1.29 is 19.2 Å². The first-order chi connectivity index (χ1) is 13.5. The Morgan fingerprint density at radius 1 is 1.18 bits per heavy atom. The molecule has 1 aromatic rings. The fraction of sp³-hybridized carbons (Fsp3) is 0.714. The van der Waals surface area contributed by atoms with Gasteiger partial charge in [-0.2, -0.15) is 0 Å². The highest BCUT2D eigenvalue weighted by Gasteiger charge is 2.29. The summed E-state index contributed by atoms with van der Waals surface area (Å²) in [5.41, 5.74) is 1.81. The Hall–Kier alpha value is -1.44. The summed E-state index contributed by atoms with van der Waals surface area (Å²) in [5, 5.41) is 6.74. The maximum Gasteiger partial charge on any atom is 0.280 e. The van der Waals surface area contributed by atoms with Crippen LogP contribution >= 0.6 is 11.3 Å². The number of anilines is 1. The summed E-state index contributed by atoms with van der Waals surface area (Å²) in [6.07, 6.45) is 5.42. The van der Waals surface area contributed by atoms with Gasteiger partial charge in [-0.3, -0.25) is 9.59 Å². The molecule has 0 saturated carbocycles. The number of ether oxygens (including phenoxy) is 1. The molecule has 7 heteroatoms. The van der Waals surface area contributed by atoms with Crippen molar-refractivity contribution in [2.45, 2.75) is 46.0 Å². The van der Waals surface area contributed by atoms with Crippen molar-refractivity contribution in [2.75, 3.05) is 45.2 Å². The van der Waals surface area contributed by atoms with Gasteiger partial charge in [0.25, 0.3) is 11.8 Å². The number of rotatable bonds is 7. The van der Waals surface area contributed by atoms with Crippen LogP contribution in [-0.4, -0.2) is 51.7 Å². The lowest BCUT2D eigenvalue weighted by molar-refractivity contribution is -0.904. The zero-order valence-electron chi connectivity index (χ0n) is 17.4. The van der Waals surface area contributed by atoms with E-state index in [-0.39, 0.29) is 11.8 Å². The van der Waals surface area contributed by atoms with Gasteiger partial charge in [-0.25, -0.2) is 0 Å². The molecule has 2 atom stereocenters. The van der Waals surface area contributed by atoms with Gasteiger partial charge in [0, 0.05) is 30.4 Å². The second-order valence-electron chi connectivity index (χ2n) is 8.49. The Morgan fingerprint density at radius 3 is 2.61 bits per heavy atom. The van der Waals surface area contributed by atoms with Gasteiger partial charge >= 0.3 is 0 Å². The molecule has 1 aromatic heterocycles. The number of piperidine rings is 1. The largest absolute Gasteiger partial charge is 0.383 e. The molecule has 2 aliphatic rings. The van der Waals surface area contributed by atoms with Gasteiger partial charge < -0.3 is 20.3 Å². The summed E-state index contributed by atoms with van der Waals surface area (Å²) in [7, 11) is 1.62. The van der Waals surface area contributed by atoms with Crippen LogP contribution in [0.5, 0.6) is 0 Å². The number of aryl methyl sites for hydroxylation is 1. The fourth-order valence-corrected chi connectivity index (χ4v) is 6.02. The molecule has 0 aromatic carbocycles. The van der Waals surface area contributed by atoms with E-state index < -0.39 is 0 Å². The summed E-state index contributed by atoms with van der Waals surface area (Å²) >= 11 is 1.59. The molecule has 28 heavy (non-hydrogen) atoms. The second kappa shape index (κ2) is 9.85. The molecule has 2 amide bonds. The van der Waals surface area contributed by atoms with E-state index in [0.717, 1.165) is 49.3 Å². The molecule has 156 valence electrons. The number of hydrogen-bond acceptors (Lipinski definition) is 4. The number of likely N-dealkylation sites (tertiary alicyclic amines) is 1. The van der Waals surface area contributed by atoms with E-state index in [2.05, 4.69) is 24.5 Å². The Morgan fingerprint density at radius 2 is 1.89 bits per heavy atom. The number of quaternary nitrogens is 1. The van der Waals surface area contributed by atoms with Gasteiger partial charge in [-0.1, -0.05) is 13.8 Å². The van der Waals surface area contributed by atoms with Crippen molar-refractivity contribution in [1.29, 1.82) is 0 Å². The maximum atomic E-state index is 12.8. The summed E-state index contributed by atoms with van der Waals surface area (Å²) in [5.74, 6) is 1.23. The molecule has 3 N–H and O–H groups in total. The third kappa shape index (κ3) is 5.33. The van der Waals surface area contributed by atoms with E-state index in [1.807, 2.05) is 0 Å². The lowest BCUT2D eigenvalue weighted by atomic mass is 9.92. The first-order valence-corrected chi connectivity index (χ1v) is 11.3. The van der Waals surface area contributed by atoms with Crippen molar-refractivity contribution in [2.24, 2.45) is 11.8 Å². The number of amides is 2. The van der Waals surface area contributed by atoms with E-state index >= 15 is 0 Å². The number of methoxy groups -OCH3 is 1. The van der Waals surface area contributed by atoms with Gasteiger partial charge in [-0.05, 0) is 37.7 Å². The van der Waals surface area contributed by atoms with Crippen molar-refractivity contribution in [1.82, 2.24) is 5.32 Å². The van der Waals surface area contributed by atoms with E-state index in [9.17, 15) is 9.59 Å². The van der Waals surface area contributed by atoms with Crippen LogP contribution in [0.25, 0.3) is 0 Å². The molecule has 1 fully saturated rings. The zero-order valence-corrected chi connectivity index (χ0v) is 18.2. The number of thiophene rings is 1. The molecule has 0 radical (unpaired) electrons. The Kier molecular flexibility index (Phi) is 7.48. The number of hydrogen-bond donors (Lipinski definition) is 3. The summed E-state index contributed by atoms with van der Waals surface area (Å²) < 4.78 is 5.03. The SMILES string of the molecule is COCCNC(=O)c1c(NC(=O)C[NH+]2C[C@H](C)C[C@@H](C)C2)sc2c1CCCC2. The van der Waals surface area contributed by atoms with Crippen LogP contribution in [0.2, 0.25) is 0 Å². The first kappa shape index (κ1) is 21.3. The van der Waals surface area contributed by atoms with Gasteiger partial charge in [-0.15, -0.1) is 11.3 Å². The third-order valence-corrected chi connectivity index (χ3v) is 6.94. The Labute approximate surface area is 172 Å². The Bertz CT molecular complexity index is 693. The highest BCUT2D eigenvalue weighted by Crippen LogP contribution is 2.38. The molecule has 1 aliphatic carbocycles. The minimum Gasteiger partial charge on any atom is -0.383 e. The van der Waals surface area contributed by atoms with E-state index in [1.54, 1.807) is 18.4 Å². The maximum absolute atomic E-state index is 12.8. The van der Waals surface area contributed by atoms with Crippen molar-refractivity contribution in [3.05, 3.63) is 16.0 Å². The minimum atomic E-state index is -0.0979. The molecule has 0 unspecified atom stereocenters. The molecule has 2 heterocycles. The normalized spacial score (nSPS) is 24.5. The highest BCUT2D eigenvalue weighted by molar-refractivity contribution is 7.17. The molecule has 6 nitrogen and oxygen atoms in total. The van der Waals surface area contributed by atoms with Gasteiger partial charge in [0.15, 0.2) is 6.54 Å². The minimum absolute atomic E-state index is 0.0147. The predicted octanol–water partition coefficient (Wildman–Crippen LogP) is 1.50. The highest BCUT2D eigenvalue weighted by atomic mass is 32.1. The average molecular weight is 409 g/mol. The Balaban J connectivity index is 1.70. The van der Waals surface area contributed by atoms with Gasteiger partial charge in [0.1, 0.15) is 5.00 Å². The number of carbonyl (C=O) groups is 2. The first-order valence-electron chi connectivity index (χ1n) is 10.5. The fourth-order valence-electron chi connectivity index (χ4n) is 4.71. The smallest absolute Gasteiger partial charge is 0.280 e. The van der Waals surface area contributed by atoms with Crippen LogP contribution in [0.4, 0.5) is 5.00 Å². The average Bonchev–Trinajstić information content (AvgIpc) is 2.98. The van der Waals surface area contributed by atoms with Crippen LogP contribution < -0.4 is 15.5 Å². The summed E-state index contributed by atoms with van der Waals surface area (Å²) in [6.45, 7) is 8.05. The standard InChI is InChI=1S/C21H33N3O3S/c1-14-10-15(2)12-24(11-14)13-18(25)23-21-19(20(26)22-8-9-27-3)16-6-4-5-7-17(16)28-21/h14-15H,4-13H2,1-3H3,(H,22,26)(H,23,25)/p+1/t14-,15-/m1/s1. The molecule has 3 rings (SSSR count). The van der Waals surface area contributed by atoms with Gasteiger partial charge in [0.05, 0.1) is 25.3 Å². The lowest BCUT2D eigenvalue weighted by Gasteiger charge is -2.31. The van der Waals surface area contributed by atoms with Crippen molar-refractivity contribution >= 4 is 28.2 Å². The molecular weight excluding hydrogens is 374 g/mol. The monoisotopic (exact) mass is 408 g/mol. The third-order valence-electron chi connectivity index (χ3n) is 5.73. The van der Waals surface area contributed by atoms with E-state index in [0.29, 0.717) is 37.1 Å². The molecule has 0 bridgehead atoms. The molecule has 1 aliphatic heterocycles. The van der Waals surface area contributed by atoms with E-state index in [1.165, 1.54) is 16.2 Å². The topological polar surface area (TPSA) is 71.9 Å². The van der Waals surface area contributed by atoms with Crippen LogP contribution in [0.3, 0.4) is 0 Å². The number of nitrogens with one attached hydrogen (secondary N) is 3. The second-order valence-corrected chi connectivity index (χ2v) is 9.60. The van der Waals surface area contributed by atoms with E-state index in [4.69, 9.17) is 4.74 Å². The summed E-state index contributed by atoms with van der Waals surface area (Å²) in [6, 6.07) is 0. The number of fused-ring (bicyclic) bond motifs is 1. The van der Waals surface area contributed by atoms with Crippen LogP contribution in [0, 0.1) is 11.8 Å². The van der Waals surface area contributed by atoms with Gasteiger partial charge in [0.2, 0.25) is 0 Å². The van der Waals surface area contributed by atoms with Crippen molar-refractivity contribution in [3.63, 3.8) is 0 Å². The quantitative estimate of drug-likeness (QED) is 0.599. The number of carbonyl (C=O) groups excluding carboxylic acids is 2. The zero-order chi connectivity index (χ0) is 20.1. The van der Waals surface area contributed by atoms with Crippen LogP contribution in [0.1, 0.15) is 53.9 Å².